The van der Waals surface area contributed by atoms with Crippen LogP contribution < -0.4 is 0 Å². The van der Waals surface area contributed by atoms with Gasteiger partial charge < -0.3 is 5.11 Å². The molecule has 0 bridgehead atoms. The van der Waals surface area contributed by atoms with E-state index in [9.17, 15) is 4.79 Å². The van der Waals surface area contributed by atoms with E-state index in [2.05, 4.69) is 0 Å². The van der Waals surface area contributed by atoms with E-state index in [0.29, 0.717) is 5.88 Å². The van der Waals surface area contributed by atoms with Gasteiger partial charge in [-0.15, -0.1) is 11.6 Å². The van der Waals surface area contributed by atoms with Gasteiger partial charge in [-0.3, -0.25) is 4.79 Å². The summed E-state index contributed by atoms with van der Waals surface area (Å²) in [4.78, 5) is 10.4. The zero-order chi connectivity index (χ0) is 10.4. The van der Waals surface area contributed by atoms with Gasteiger partial charge in [-0.05, 0) is 24.0 Å². The molecule has 2 nitrogen and oxygen atoms in total. The molecule has 0 radical (unpaired) electrons. The Bertz CT molecular complexity index is 293. The summed E-state index contributed by atoms with van der Waals surface area (Å²) in [7, 11) is 0. The number of alkyl halides is 1. The number of halogens is 1. The van der Waals surface area contributed by atoms with Crippen molar-refractivity contribution in [2.75, 3.05) is 5.88 Å². The van der Waals surface area contributed by atoms with Gasteiger partial charge in [0.1, 0.15) is 0 Å². The molecule has 1 aromatic carbocycles. The van der Waals surface area contributed by atoms with Crippen molar-refractivity contribution in [1.29, 1.82) is 0 Å². The predicted molar refractivity (Wildman–Crippen MR) is 56.8 cm³/mol. The molecular weight excluding hydrogens is 200 g/mol. The van der Waals surface area contributed by atoms with Crippen LogP contribution in [0.5, 0.6) is 0 Å². The third-order valence-corrected chi connectivity index (χ3v) is 2.24. The van der Waals surface area contributed by atoms with Crippen molar-refractivity contribution in [3.63, 3.8) is 0 Å². The maximum absolute atomic E-state index is 10.4. The monoisotopic (exact) mass is 212 g/mol. The van der Waals surface area contributed by atoms with Crippen molar-refractivity contribution in [2.24, 2.45) is 0 Å². The van der Waals surface area contributed by atoms with Crippen molar-refractivity contribution in [3.05, 3.63) is 35.4 Å². The minimum Gasteiger partial charge on any atom is -0.481 e. The van der Waals surface area contributed by atoms with E-state index in [1.54, 1.807) is 0 Å². The second-order valence-corrected chi connectivity index (χ2v) is 3.56. The Hall–Kier alpha value is -1.02. The molecule has 0 unspecified atom stereocenters. The number of benzene rings is 1. The molecule has 0 aliphatic carbocycles. The van der Waals surface area contributed by atoms with Gasteiger partial charge in [-0.2, -0.15) is 0 Å². The van der Waals surface area contributed by atoms with Crippen LogP contribution in [0.3, 0.4) is 0 Å². The number of aryl methyl sites for hydroxylation is 1. The first-order valence-corrected chi connectivity index (χ1v) is 5.11. The molecule has 0 aromatic heterocycles. The fourth-order valence-electron chi connectivity index (χ4n) is 1.27. The maximum Gasteiger partial charge on any atom is 0.307 e. The van der Waals surface area contributed by atoms with Crippen LogP contribution in [0.1, 0.15) is 17.5 Å². The smallest absolute Gasteiger partial charge is 0.307 e. The summed E-state index contributed by atoms with van der Waals surface area (Å²) in [6, 6.07) is 7.64. The molecule has 3 heteroatoms. The highest BCUT2D eigenvalue weighted by Gasteiger charge is 1.99. The van der Waals surface area contributed by atoms with Crippen LogP contribution in [-0.2, 0) is 17.6 Å². The summed E-state index contributed by atoms with van der Waals surface area (Å²) in [5.74, 6) is -0.129. The maximum atomic E-state index is 10.4. The van der Waals surface area contributed by atoms with E-state index >= 15 is 0 Å². The molecule has 76 valence electrons. The predicted octanol–water partition coefficient (Wildman–Crippen LogP) is 2.49. The van der Waals surface area contributed by atoms with Crippen molar-refractivity contribution in [2.45, 2.75) is 19.3 Å². The van der Waals surface area contributed by atoms with E-state index in [4.69, 9.17) is 16.7 Å². The van der Waals surface area contributed by atoms with Crippen LogP contribution in [-0.4, -0.2) is 17.0 Å². The van der Waals surface area contributed by atoms with Crippen LogP contribution in [0.4, 0.5) is 0 Å². The largest absolute Gasteiger partial charge is 0.481 e. The third kappa shape index (κ3) is 3.79. The number of carboxylic acid groups (broad SMARTS) is 1. The van der Waals surface area contributed by atoms with Gasteiger partial charge >= 0.3 is 5.97 Å². The molecule has 0 fully saturated rings. The number of carboxylic acids is 1. The summed E-state index contributed by atoms with van der Waals surface area (Å²) in [5.41, 5.74) is 2.05. The first kappa shape index (κ1) is 11.1. The average molecular weight is 213 g/mol. The van der Waals surface area contributed by atoms with Crippen LogP contribution in [0.25, 0.3) is 0 Å². The van der Waals surface area contributed by atoms with Crippen molar-refractivity contribution in [3.8, 4) is 0 Å². The lowest BCUT2D eigenvalue weighted by molar-refractivity contribution is -0.136. The Morgan fingerprint density at radius 3 is 2.29 bits per heavy atom. The molecule has 1 aromatic rings. The number of hydrogen-bond acceptors (Lipinski definition) is 1. The van der Waals surface area contributed by atoms with Gasteiger partial charge in [-0.1, -0.05) is 24.3 Å². The molecule has 0 saturated carbocycles. The average Bonchev–Trinajstić information content (AvgIpc) is 2.16. The first-order chi connectivity index (χ1) is 6.72. The van der Waals surface area contributed by atoms with Crippen LogP contribution >= 0.6 is 11.6 Å². The van der Waals surface area contributed by atoms with E-state index in [0.717, 1.165) is 18.4 Å². The van der Waals surface area contributed by atoms with Gasteiger partial charge in [0.05, 0.1) is 6.42 Å². The molecule has 0 atom stereocenters. The fraction of sp³-hybridized carbons (Fsp3) is 0.364. The van der Waals surface area contributed by atoms with Gasteiger partial charge in [0, 0.05) is 5.88 Å². The molecule has 14 heavy (non-hydrogen) atoms. The summed E-state index contributed by atoms with van der Waals surface area (Å²) >= 11 is 5.57. The zero-order valence-electron chi connectivity index (χ0n) is 7.87. The Kier molecular flexibility index (Phi) is 4.47. The topological polar surface area (TPSA) is 37.3 Å². The summed E-state index contributed by atoms with van der Waals surface area (Å²) in [6.07, 6.45) is 2.01. The lowest BCUT2D eigenvalue weighted by Crippen LogP contribution is -1.99. The van der Waals surface area contributed by atoms with E-state index in [1.165, 1.54) is 5.56 Å². The lowest BCUT2D eigenvalue weighted by Gasteiger charge is -2.01. The van der Waals surface area contributed by atoms with E-state index in [1.807, 2.05) is 24.3 Å². The summed E-state index contributed by atoms with van der Waals surface area (Å²) < 4.78 is 0. The van der Waals surface area contributed by atoms with E-state index < -0.39 is 5.97 Å². The second-order valence-electron chi connectivity index (χ2n) is 3.18. The highest BCUT2D eigenvalue weighted by molar-refractivity contribution is 6.17. The molecule has 0 amide bonds. The fourth-order valence-corrected chi connectivity index (χ4v) is 1.40. The molecule has 1 N–H and O–H groups in total. The summed E-state index contributed by atoms with van der Waals surface area (Å²) in [5, 5.41) is 8.56. The highest BCUT2D eigenvalue weighted by Crippen LogP contribution is 2.07. The van der Waals surface area contributed by atoms with Crippen molar-refractivity contribution < 1.29 is 9.90 Å². The standard InChI is InChI=1S/C11H13ClO2/c12-7-1-2-9-3-5-10(6-4-9)8-11(13)14/h3-6H,1-2,7-8H2,(H,13,14). The third-order valence-electron chi connectivity index (χ3n) is 1.98. The summed E-state index contributed by atoms with van der Waals surface area (Å²) in [6.45, 7) is 0. The number of rotatable bonds is 5. The molecule has 0 aliphatic rings. The Balaban J connectivity index is 2.54. The Labute approximate surface area is 88.5 Å². The molecule has 1 rings (SSSR count). The lowest BCUT2D eigenvalue weighted by atomic mass is 10.1. The van der Waals surface area contributed by atoms with E-state index in [-0.39, 0.29) is 6.42 Å². The van der Waals surface area contributed by atoms with Gasteiger partial charge in [0.2, 0.25) is 0 Å². The Morgan fingerprint density at radius 1 is 1.21 bits per heavy atom. The van der Waals surface area contributed by atoms with Crippen molar-refractivity contribution in [1.82, 2.24) is 0 Å². The van der Waals surface area contributed by atoms with Crippen LogP contribution in [0.2, 0.25) is 0 Å². The number of carbonyl (C=O) groups is 1. The zero-order valence-corrected chi connectivity index (χ0v) is 8.63. The van der Waals surface area contributed by atoms with Gasteiger partial charge in [0.15, 0.2) is 0 Å². The number of hydrogen-bond donors (Lipinski definition) is 1. The minimum absolute atomic E-state index is 0.0930. The SMILES string of the molecule is O=C(O)Cc1ccc(CCCCl)cc1. The molecule has 0 saturated heterocycles. The molecule has 0 heterocycles. The van der Waals surface area contributed by atoms with Gasteiger partial charge in [-0.25, -0.2) is 0 Å². The quantitative estimate of drug-likeness (QED) is 0.762. The molecular formula is C11H13ClO2. The second kappa shape index (κ2) is 5.66. The highest BCUT2D eigenvalue weighted by atomic mass is 35.5. The first-order valence-electron chi connectivity index (χ1n) is 4.58. The molecule has 0 aliphatic heterocycles. The normalized spacial score (nSPS) is 10.1. The Morgan fingerprint density at radius 2 is 1.79 bits per heavy atom. The van der Waals surface area contributed by atoms with Crippen LogP contribution in [0.15, 0.2) is 24.3 Å². The van der Waals surface area contributed by atoms with Crippen molar-refractivity contribution >= 4 is 17.6 Å². The van der Waals surface area contributed by atoms with Gasteiger partial charge in [0.25, 0.3) is 0 Å². The minimum atomic E-state index is -0.793. The molecule has 0 spiro atoms. The van der Waals surface area contributed by atoms with Crippen LogP contribution in [0, 0.1) is 0 Å². The number of aliphatic carboxylic acids is 1.